The third-order valence-corrected chi connectivity index (χ3v) is 9.27. The molecule has 1 aromatic heterocycles. The summed E-state index contributed by atoms with van der Waals surface area (Å²) in [6.07, 6.45) is 1.05. The lowest BCUT2D eigenvalue weighted by Gasteiger charge is -2.36. The number of aromatic nitrogens is 1. The van der Waals surface area contributed by atoms with Gasteiger partial charge in [-0.25, -0.2) is 13.4 Å². The first-order chi connectivity index (χ1) is 9.38. The molecule has 0 aliphatic heterocycles. The summed E-state index contributed by atoms with van der Waals surface area (Å²) in [5.41, 5.74) is 0.591. The SMILES string of the molecule is CC(C)(C)[Si](C)(C)OCc1ccc(C#N)c(S(C)(=O)=O)n1. The van der Waals surface area contributed by atoms with Gasteiger partial charge in [-0.15, -0.1) is 0 Å². The van der Waals surface area contributed by atoms with E-state index in [1.807, 2.05) is 6.07 Å². The molecule has 0 spiro atoms. The molecule has 1 heterocycles. The van der Waals surface area contributed by atoms with Crippen molar-refractivity contribution in [1.82, 2.24) is 4.98 Å². The Balaban J connectivity index is 3.06. The van der Waals surface area contributed by atoms with E-state index in [9.17, 15) is 8.42 Å². The quantitative estimate of drug-likeness (QED) is 0.795. The van der Waals surface area contributed by atoms with Gasteiger partial charge in [0.2, 0.25) is 0 Å². The fourth-order valence-corrected chi connectivity index (χ4v) is 3.14. The first-order valence-electron chi connectivity index (χ1n) is 6.62. The fourth-order valence-electron chi connectivity index (χ4n) is 1.40. The molecule has 1 rings (SSSR count). The van der Waals surface area contributed by atoms with Crippen LogP contribution in [0.4, 0.5) is 0 Å². The average Bonchev–Trinajstić information content (AvgIpc) is 2.33. The van der Waals surface area contributed by atoms with Crippen molar-refractivity contribution >= 4 is 18.2 Å². The zero-order chi connectivity index (χ0) is 16.5. The average molecular weight is 326 g/mol. The number of hydrogen-bond acceptors (Lipinski definition) is 5. The van der Waals surface area contributed by atoms with Crippen molar-refractivity contribution in [2.75, 3.05) is 6.26 Å². The minimum atomic E-state index is -3.53. The van der Waals surface area contributed by atoms with Gasteiger partial charge in [-0.1, -0.05) is 20.8 Å². The van der Waals surface area contributed by atoms with Crippen LogP contribution in [0.3, 0.4) is 0 Å². The lowest BCUT2D eigenvalue weighted by Crippen LogP contribution is -2.40. The second kappa shape index (κ2) is 5.87. The van der Waals surface area contributed by atoms with Crippen LogP contribution in [0, 0.1) is 11.3 Å². The molecule has 5 nitrogen and oxygen atoms in total. The molecular weight excluding hydrogens is 304 g/mol. The maximum absolute atomic E-state index is 11.7. The van der Waals surface area contributed by atoms with Gasteiger partial charge >= 0.3 is 0 Å². The second-order valence-electron chi connectivity index (χ2n) is 6.59. The molecule has 0 aliphatic rings. The monoisotopic (exact) mass is 326 g/mol. The predicted octanol–water partition coefficient (Wildman–Crippen LogP) is 2.88. The van der Waals surface area contributed by atoms with Gasteiger partial charge in [0.15, 0.2) is 23.2 Å². The van der Waals surface area contributed by atoms with E-state index in [0.717, 1.165) is 6.26 Å². The molecular formula is C14H22N2O3SSi. The van der Waals surface area contributed by atoms with E-state index in [0.29, 0.717) is 5.69 Å². The molecule has 0 saturated carbocycles. The smallest absolute Gasteiger partial charge is 0.194 e. The maximum Gasteiger partial charge on any atom is 0.194 e. The third kappa shape index (κ3) is 4.36. The molecule has 0 aliphatic carbocycles. The third-order valence-electron chi connectivity index (χ3n) is 3.78. The van der Waals surface area contributed by atoms with Gasteiger partial charge in [-0.05, 0) is 30.3 Å². The Kier molecular flexibility index (Phi) is 4.98. The highest BCUT2D eigenvalue weighted by Crippen LogP contribution is 2.37. The van der Waals surface area contributed by atoms with Crippen LogP contribution >= 0.6 is 0 Å². The molecule has 0 amide bonds. The zero-order valence-electron chi connectivity index (χ0n) is 13.4. The fraction of sp³-hybridized carbons (Fsp3) is 0.571. The van der Waals surface area contributed by atoms with Crippen molar-refractivity contribution in [1.29, 1.82) is 5.26 Å². The molecule has 7 heteroatoms. The van der Waals surface area contributed by atoms with E-state index in [2.05, 4.69) is 38.8 Å². The van der Waals surface area contributed by atoms with Crippen molar-refractivity contribution in [3.05, 3.63) is 23.4 Å². The van der Waals surface area contributed by atoms with E-state index in [1.165, 1.54) is 6.07 Å². The van der Waals surface area contributed by atoms with E-state index in [1.54, 1.807) is 6.07 Å². The number of hydrogen-bond donors (Lipinski definition) is 0. The summed E-state index contributed by atoms with van der Waals surface area (Å²) in [4.78, 5) is 4.09. The van der Waals surface area contributed by atoms with Gasteiger partial charge in [-0.3, -0.25) is 0 Å². The number of nitriles is 1. The Hall–Kier alpha value is -1.23. The van der Waals surface area contributed by atoms with Gasteiger partial charge in [0.25, 0.3) is 0 Å². The molecule has 0 atom stereocenters. The molecule has 0 N–H and O–H groups in total. The molecule has 0 bridgehead atoms. The van der Waals surface area contributed by atoms with E-state index in [4.69, 9.17) is 9.69 Å². The van der Waals surface area contributed by atoms with Crippen LogP contribution < -0.4 is 0 Å². The van der Waals surface area contributed by atoms with E-state index in [-0.39, 0.29) is 22.2 Å². The predicted molar refractivity (Wildman–Crippen MR) is 84.0 cm³/mol. The first-order valence-corrected chi connectivity index (χ1v) is 11.4. The summed E-state index contributed by atoms with van der Waals surface area (Å²) in [6.45, 7) is 10.9. The van der Waals surface area contributed by atoms with Crippen molar-refractivity contribution < 1.29 is 12.8 Å². The number of sulfone groups is 1. The lowest BCUT2D eigenvalue weighted by molar-refractivity contribution is 0.271. The van der Waals surface area contributed by atoms with Crippen LogP contribution in [0.25, 0.3) is 0 Å². The minimum Gasteiger partial charge on any atom is -0.411 e. The Morgan fingerprint density at radius 2 is 1.90 bits per heavy atom. The lowest BCUT2D eigenvalue weighted by atomic mass is 10.2. The zero-order valence-corrected chi connectivity index (χ0v) is 15.2. The highest BCUT2D eigenvalue weighted by molar-refractivity contribution is 7.90. The van der Waals surface area contributed by atoms with Crippen LogP contribution in [0.2, 0.25) is 18.1 Å². The maximum atomic E-state index is 11.7. The van der Waals surface area contributed by atoms with Crippen molar-refractivity contribution in [3.63, 3.8) is 0 Å². The van der Waals surface area contributed by atoms with E-state index < -0.39 is 18.2 Å². The van der Waals surface area contributed by atoms with Gasteiger partial charge in [0, 0.05) is 6.26 Å². The Labute approximate surface area is 128 Å². The van der Waals surface area contributed by atoms with E-state index >= 15 is 0 Å². The second-order valence-corrected chi connectivity index (χ2v) is 13.3. The number of nitrogens with zero attached hydrogens (tertiary/aromatic N) is 2. The highest BCUT2D eigenvalue weighted by Gasteiger charge is 2.37. The Morgan fingerprint density at radius 1 is 1.33 bits per heavy atom. The normalized spacial score (nSPS) is 13.0. The number of pyridine rings is 1. The van der Waals surface area contributed by atoms with Crippen LogP contribution in [0.5, 0.6) is 0 Å². The van der Waals surface area contributed by atoms with Gasteiger partial charge in [0.1, 0.15) is 6.07 Å². The van der Waals surface area contributed by atoms with Gasteiger partial charge in [-0.2, -0.15) is 5.26 Å². The molecule has 21 heavy (non-hydrogen) atoms. The summed E-state index contributed by atoms with van der Waals surface area (Å²) >= 11 is 0. The summed E-state index contributed by atoms with van der Waals surface area (Å²) in [5, 5.41) is 8.85. The molecule has 0 fully saturated rings. The number of rotatable bonds is 4. The standard InChI is InChI=1S/C14H22N2O3SSi/c1-14(2,3)21(5,6)19-10-12-8-7-11(9-15)13(16-12)20(4,17)18/h7-8H,10H2,1-6H3. The van der Waals surface area contributed by atoms with Crippen LogP contribution in [0.15, 0.2) is 17.2 Å². The van der Waals surface area contributed by atoms with Crippen LogP contribution in [0.1, 0.15) is 32.0 Å². The summed E-state index contributed by atoms with van der Waals surface area (Å²) < 4.78 is 29.4. The summed E-state index contributed by atoms with van der Waals surface area (Å²) in [6, 6.07) is 4.97. The van der Waals surface area contributed by atoms with Crippen molar-refractivity contribution in [2.24, 2.45) is 0 Å². The topological polar surface area (TPSA) is 80.0 Å². The molecule has 0 radical (unpaired) electrons. The van der Waals surface area contributed by atoms with Crippen LogP contribution in [-0.4, -0.2) is 28.0 Å². The van der Waals surface area contributed by atoms with Gasteiger partial charge in [0.05, 0.1) is 17.9 Å². The Bertz CT molecular complexity index is 670. The van der Waals surface area contributed by atoms with Crippen molar-refractivity contribution in [3.8, 4) is 6.07 Å². The first kappa shape index (κ1) is 17.8. The van der Waals surface area contributed by atoms with Crippen molar-refractivity contribution in [2.45, 2.75) is 50.5 Å². The molecule has 1 aromatic rings. The molecule has 0 saturated heterocycles. The Morgan fingerprint density at radius 3 is 2.33 bits per heavy atom. The van der Waals surface area contributed by atoms with Gasteiger partial charge < -0.3 is 4.43 Å². The summed E-state index contributed by atoms with van der Waals surface area (Å²) in [5.74, 6) is 0. The van der Waals surface area contributed by atoms with Crippen LogP contribution in [-0.2, 0) is 20.9 Å². The minimum absolute atomic E-state index is 0.0635. The molecule has 116 valence electrons. The molecule has 0 unspecified atom stereocenters. The molecule has 0 aromatic carbocycles. The summed E-state index contributed by atoms with van der Waals surface area (Å²) in [7, 11) is -5.46. The highest BCUT2D eigenvalue weighted by atomic mass is 32.2. The largest absolute Gasteiger partial charge is 0.411 e.